The maximum atomic E-state index is 14.8. The second-order valence-corrected chi connectivity index (χ2v) is 9.77. The van der Waals surface area contributed by atoms with Crippen LogP contribution in [0.15, 0.2) is 85.1 Å². The monoisotopic (exact) mass is 443 g/mol. The van der Waals surface area contributed by atoms with Gasteiger partial charge in [-0.05, 0) is 66.0 Å². The molecule has 0 aliphatic carbocycles. The average Bonchev–Trinajstić information content (AvgIpc) is 2.83. The van der Waals surface area contributed by atoms with Gasteiger partial charge in [-0.25, -0.2) is 4.39 Å². The molecule has 0 spiro atoms. The van der Waals surface area contributed by atoms with Crippen molar-refractivity contribution < 1.29 is 4.39 Å². The average molecular weight is 444 g/mol. The van der Waals surface area contributed by atoms with Gasteiger partial charge in [0, 0.05) is 22.4 Å². The number of hydrogen-bond donors (Lipinski definition) is 1. The number of nitrogens with one attached hydrogen (secondary N) is 1. The number of aryl methyl sites for hydroxylation is 1. The zero-order valence-electron chi connectivity index (χ0n) is 20.8. The molecule has 2 atom stereocenters. The van der Waals surface area contributed by atoms with E-state index in [2.05, 4.69) is 76.8 Å². The second kappa shape index (κ2) is 10.8. The molecule has 0 aliphatic rings. The molecule has 1 nitrogen and oxygen atoms in total. The number of halogens is 1. The van der Waals surface area contributed by atoms with Crippen LogP contribution in [0, 0.1) is 17.2 Å². The molecule has 0 radical (unpaired) electrons. The van der Waals surface area contributed by atoms with Gasteiger partial charge in [0.05, 0.1) is 0 Å². The van der Waals surface area contributed by atoms with Gasteiger partial charge in [-0.1, -0.05) is 95.8 Å². The Morgan fingerprint density at radius 3 is 2.21 bits per heavy atom. The van der Waals surface area contributed by atoms with E-state index >= 15 is 0 Å². The van der Waals surface area contributed by atoms with Gasteiger partial charge >= 0.3 is 0 Å². The molecule has 3 aromatic carbocycles. The molecular formula is C31H38FN. The van der Waals surface area contributed by atoms with E-state index in [0.717, 1.165) is 41.8 Å². The minimum absolute atomic E-state index is 0.0689. The van der Waals surface area contributed by atoms with E-state index < -0.39 is 0 Å². The Hall–Kier alpha value is -2.87. The number of allylic oxidation sites excluding steroid dienone is 1. The highest BCUT2D eigenvalue weighted by atomic mass is 19.1. The molecule has 3 rings (SSSR count). The van der Waals surface area contributed by atoms with E-state index in [1.807, 2.05) is 36.4 Å². The normalized spacial score (nSPS) is 14.0. The van der Waals surface area contributed by atoms with Crippen molar-refractivity contribution in [3.63, 3.8) is 0 Å². The molecule has 1 N–H and O–H groups in total. The van der Waals surface area contributed by atoms with Crippen molar-refractivity contribution in [2.45, 2.75) is 59.8 Å². The van der Waals surface area contributed by atoms with Gasteiger partial charge in [0.2, 0.25) is 0 Å². The Labute approximate surface area is 199 Å². The smallest absolute Gasteiger partial charge is 0.131 e. The van der Waals surface area contributed by atoms with Crippen LogP contribution in [0.4, 0.5) is 10.1 Å². The van der Waals surface area contributed by atoms with Crippen molar-refractivity contribution in [2.24, 2.45) is 11.3 Å². The largest absolute Gasteiger partial charge is 0.359 e. The molecule has 0 aliphatic heterocycles. The van der Waals surface area contributed by atoms with Crippen molar-refractivity contribution in [1.29, 1.82) is 0 Å². The Balaban J connectivity index is 1.59. The summed E-state index contributed by atoms with van der Waals surface area (Å²) in [6, 6.07) is 24.0. The lowest BCUT2D eigenvalue weighted by molar-refractivity contribution is 0.268. The van der Waals surface area contributed by atoms with Crippen molar-refractivity contribution >= 4 is 5.69 Å². The summed E-state index contributed by atoms with van der Waals surface area (Å²) in [6.45, 7) is 15.5. The molecular weight excluding hydrogens is 405 g/mol. The fourth-order valence-corrected chi connectivity index (χ4v) is 4.28. The van der Waals surface area contributed by atoms with E-state index in [1.54, 1.807) is 6.07 Å². The van der Waals surface area contributed by atoms with Crippen molar-refractivity contribution in [2.75, 3.05) is 5.32 Å². The zero-order valence-corrected chi connectivity index (χ0v) is 20.8. The third-order valence-electron chi connectivity index (χ3n) is 7.46. The predicted molar refractivity (Wildman–Crippen MR) is 141 cm³/mol. The standard InChI is InChI=1S/C31H38FN/c1-7-31(6,22(2)3)24(5)33-28-18-15-25(16-19-28)14-13-23(4)27-17-20-29(30(32)21-27)26-11-9-8-10-12-26/h8-12,15-23,33H,5,7,13-14H2,1-4,6H3. The highest BCUT2D eigenvalue weighted by Crippen LogP contribution is 2.38. The first-order chi connectivity index (χ1) is 15.7. The maximum absolute atomic E-state index is 14.8. The minimum atomic E-state index is -0.151. The summed E-state index contributed by atoms with van der Waals surface area (Å²) in [7, 11) is 0. The second-order valence-electron chi connectivity index (χ2n) is 9.77. The lowest BCUT2D eigenvalue weighted by Crippen LogP contribution is -2.28. The molecule has 0 aromatic heterocycles. The molecule has 3 aromatic rings. The molecule has 0 bridgehead atoms. The Kier molecular flexibility index (Phi) is 8.13. The van der Waals surface area contributed by atoms with Crippen LogP contribution >= 0.6 is 0 Å². The van der Waals surface area contributed by atoms with Crippen LogP contribution < -0.4 is 5.32 Å². The first kappa shape index (κ1) is 24.8. The van der Waals surface area contributed by atoms with Gasteiger partial charge in [-0.15, -0.1) is 0 Å². The quantitative estimate of drug-likeness (QED) is 0.329. The van der Waals surface area contributed by atoms with Gasteiger partial charge in [-0.2, -0.15) is 0 Å². The molecule has 0 saturated carbocycles. The number of hydrogen-bond acceptors (Lipinski definition) is 1. The summed E-state index contributed by atoms with van der Waals surface area (Å²) in [5, 5.41) is 3.52. The third-order valence-corrected chi connectivity index (χ3v) is 7.46. The van der Waals surface area contributed by atoms with Crippen LogP contribution in [0.1, 0.15) is 64.5 Å². The Bertz CT molecular complexity index is 1050. The number of anilines is 1. The fraction of sp³-hybridized carbons (Fsp3) is 0.355. The van der Waals surface area contributed by atoms with Crippen molar-refractivity contribution in [3.05, 3.63) is 102 Å². The van der Waals surface area contributed by atoms with E-state index in [0.29, 0.717) is 17.4 Å². The Morgan fingerprint density at radius 2 is 1.64 bits per heavy atom. The van der Waals surface area contributed by atoms with E-state index in [9.17, 15) is 4.39 Å². The van der Waals surface area contributed by atoms with Gasteiger partial charge in [0.1, 0.15) is 5.82 Å². The molecule has 0 heterocycles. The molecule has 0 fully saturated rings. The lowest BCUT2D eigenvalue weighted by atomic mass is 9.74. The first-order valence-corrected chi connectivity index (χ1v) is 12.1. The van der Waals surface area contributed by atoms with Crippen molar-refractivity contribution in [3.8, 4) is 11.1 Å². The summed E-state index contributed by atoms with van der Waals surface area (Å²) < 4.78 is 14.8. The third kappa shape index (κ3) is 5.93. The summed E-state index contributed by atoms with van der Waals surface area (Å²) >= 11 is 0. The molecule has 2 heteroatoms. The van der Waals surface area contributed by atoms with Gasteiger partial charge in [0.25, 0.3) is 0 Å². The zero-order chi connectivity index (χ0) is 24.0. The highest BCUT2D eigenvalue weighted by Gasteiger charge is 2.29. The molecule has 2 unspecified atom stereocenters. The topological polar surface area (TPSA) is 12.0 Å². The summed E-state index contributed by atoms with van der Waals surface area (Å²) in [6.07, 6.45) is 2.99. The number of benzene rings is 3. The fourth-order valence-electron chi connectivity index (χ4n) is 4.28. The van der Waals surface area contributed by atoms with Crippen molar-refractivity contribution in [1.82, 2.24) is 0 Å². The van der Waals surface area contributed by atoms with Crippen LogP contribution in [-0.2, 0) is 6.42 Å². The predicted octanol–water partition coefficient (Wildman–Crippen LogP) is 9.23. The van der Waals surface area contributed by atoms with E-state index in [4.69, 9.17) is 0 Å². The van der Waals surface area contributed by atoms with Crippen LogP contribution in [0.5, 0.6) is 0 Å². The summed E-state index contributed by atoms with van der Waals surface area (Å²) in [5.41, 5.74) is 6.14. The van der Waals surface area contributed by atoms with Crippen LogP contribution in [0.25, 0.3) is 11.1 Å². The summed E-state index contributed by atoms with van der Waals surface area (Å²) in [4.78, 5) is 0. The Morgan fingerprint density at radius 1 is 0.970 bits per heavy atom. The number of rotatable bonds is 10. The SMILES string of the molecule is C=C(Nc1ccc(CCC(C)c2ccc(-c3ccccc3)c(F)c2)cc1)C(C)(CC)C(C)C. The summed E-state index contributed by atoms with van der Waals surface area (Å²) in [5.74, 6) is 0.662. The molecule has 0 saturated heterocycles. The van der Waals surface area contributed by atoms with E-state index in [-0.39, 0.29) is 11.2 Å². The van der Waals surface area contributed by atoms with Gasteiger partial charge in [-0.3, -0.25) is 0 Å². The van der Waals surface area contributed by atoms with E-state index in [1.165, 1.54) is 5.56 Å². The van der Waals surface area contributed by atoms with Crippen LogP contribution in [0.3, 0.4) is 0 Å². The van der Waals surface area contributed by atoms with Crippen LogP contribution in [0.2, 0.25) is 0 Å². The van der Waals surface area contributed by atoms with Gasteiger partial charge in [0.15, 0.2) is 0 Å². The lowest BCUT2D eigenvalue weighted by Gasteiger charge is -2.35. The minimum Gasteiger partial charge on any atom is -0.359 e. The first-order valence-electron chi connectivity index (χ1n) is 12.1. The molecule has 174 valence electrons. The highest BCUT2D eigenvalue weighted by molar-refractivity contribution is 5.64. The van der Waals surface area contributed by atoms with Gasteiger partial charge < -0.3 is 5.32 Å². The maximum Gasteiger partial charge on any atom is 0.131 e. The molecule has 33 heavy (non-hydrogen) atoms. The van der Waals surface area contributed by atoms with Crippen LogP contribution in [-0.4, -0.2) is 0 Å². The molecule has 0 amide bonds.